The van der Waals surface area contributed by atoms with E-state index in [2.05, 4.69) is 25.6 Å². The number of nitrogens with zero attached hydrogens (tertiary/aromatic N) is 1. The molecule has 1 N–H and O–H groups in total. The van der Waals surface area contributed by atoms with E-state index in [4.69, 9.17) is 4.74 Å². The molecule has 0 aromatic heterocycles. The topological polar surface area (TPSA) is 67.8 Å². The van der Waals surface area contributed by atoms with E-state index in [1.165, 1.54) is 6.07 Å². The monoisotopic (exact) mass is 380 g/mol. The highest BCUT2D eigenvalue weighted by atomic mass is 79.9. The van der Waals surface area contributed by atoms with Gasteiger partial charge < -0.3 is 10.1 Å². The Morgan fingerprint density at radius 2 is 2.00 bits per heavy atom. The SMILES string of the molecule is CCOc1ccc(C2=NS(=O)(=O)c3ccccc3N2)cc1Br. The molecular weight excluding hydrogens is 368 g/mol. The van der Waals surface area contributed by atoms with Crippen LogP contribution in [-0.4, -0.2) is 20.9 Å². The molecule has 0 atom stereocenters. The fraction of sp³-hybridized carbons (Fsp3) is 0.133. The van der Waals surface area contributed by atoms with Crippen LogP contribution in [0.15, 0.2) is 56.2 Å². The number of nitrogens with one attached hydrogen (secondary N) is 1. The minimum absolute atomic E-state index is 0.184. The lowest BCUT2D eigenvalue weighted by molar-refractivity contribution is 0.338. The Kier molecular flexibility index (Phi) is 3.92. The number of benzene rings is 2. The van der Waals surface area contributed by atoms with Crippen molar-refractivity contribution in [3.63, 3.8) is 0 Å². The fourth-order valence-electron chi connectivity index (χ4n) is 2.16. The molecule has 0 unspecified atom stereocenters. The second-order valence-electron chi connectivity index (χ2n) is 4.61. The maximum Gasteiger partial charge on any atom is 0.286 e. The van der Waals surface area contributed by atoms with Crippen LogP contribution in [0.2, 0.25) is 0 Å². The van der Waals surface area contributed by atoms with Gasteiger partial charge in [0.05, 0.1) is 16.8 Å². The third kappa shape index (κ3) is 2.74. The summed E-state index contributed by atoms with van der Waals surface area (Å²) in [7, 11) is -3.69. The molecule has 3 rings (SSSR count). The second kappa shape index (κ2) is 5.73. The van der Waals surface area contributed by atoms with E-state index in [1.807, 2.05) is 6.92 Å². The van der Waals surface area contributed by atoms with E-state index in [9.17, 15) is 8.42 Å². The van der Waals surface area contributed by atoms with Crippen molar-refractivity contribution >= 4 is 37.5 Å². The van der Waals surface area contributed by atoms with Crippen molar-refractivity contribution in [2.45, 2.75) is 11.8 Å². The number of halogens is 1. The van der Waals surface area contributed by atoms with Crippen LogP contribution in [-0.2, 0) is 10.0 Å². The zero-order valence-corrected chi connectivity index (χ0v) is 14.1. The van der Waals surface area contributed by atoms with Gasteiger partial charge in [0.1, 0.15) is 10.6 Å². The summed E-state index contributed by atoms with van der Waals surface area (Å²) in [5.41, 5.74) is 1.19. The zero-order chi connectivity index (χ0) is 15.7. The Morgan fingerprint density at radius 1 is 1.23 bits per heavy atom. The summed E-state index contributed by atoms with van der Waals surface area (Å²) in [6, 6.07) is 12.0. The fourth-order valence-corrected chi connectivity index (χ4v) is 3.79. The summed E-state index contributed by atoms with van der Waals surface area (Å²) in [4.78, 5) is 0.184. The first-order valence-corrected chi connectivity index (χ1v) is 8.88. The van der Waals surface area contributed by atoms with Crippen molar-refractivity contribution in [3.8, 4) is 5.75 Å². The molecule has 2 aromatic rings. The van der Waals surface area contributed by atoms with Gasteiger partial charge in [0, 0.05) is 5.56 Å². The van der Waals surface area contributed by atoms with E-state index in [0.29, 0.717) is 29.4 Å². The van der Waals surface area contributed by atoms with Crippen LogP contribution in [0.3, 0.4) is 0 Å². The minimum atomic E-state index is -3.69. The Morgan fingerprint density at radius 3 is 2.73 bits per heavy atom. The highest BCUT2D eigenvalue weighted by Crippen LogP contribution is 2.30. The number of ether oxygens (including phenoxy) is 1. The Labute approximate surface area is 137 Å². The van der Waals surface area contributed by atoms with Gasteiger partial charge in [0.15, 0.2) is 5.84 Å². The first-order valence-electron chi connectivity index (χ1n) is 6.65. The number of para-hydroxylation sites is 1. The van der Waals surface area contributed by atoms with Gasteiger partial charge in [-0.2, -0.15) is 8.42 Å². The van der Waals surface area contributed by atoms with Gasteiger partial charge in [-0.1, -0.05) is 12.1 Å². The minimum Gasteiger partial charge on any atom is -0.493 e. The van der Waals surface area contributed by atoms with Crippen LogP contribution in [0, 0.1) is 0 Å². The molecule has 22 heavy (non-hydrogen) atoms. The van der Waals surface area contributed by atoms with Crippen molar-refractivity contribution in [1.82, 2.24) is 0 Å². The predicted octanol–water partition coefficient (Wildman–Crippen LogP) is 3.41. The number of hydrogen-bond donors (Lipinski definition) is 1. The van der Waals surface area contributed by atoms with Gasteiger partial charge in [-0.25, -0.2) is 0 Å². The third-order valence-corrected chi connectivity index (χ3v) is 5.09. The van der Waals surface area contributed by atoms with Crippen molar-refractivity contribution in [2.24, 2.45) is 4.40 Å². The lowest BCUT2D eigenvalue weighted by atomic mass is 10.2. The number of amidine groups is 1. The number of anilines is 1. The molecule has 0 bridgehead atoms. The molecule has 7 heteroatoms. The highest BCUT2D eigenvalue weighted by molar-refractivity contribution is 9.10. The summed E-state index contributed by atoms with van der Waals surface area (Å²) in [6.45, 7) is 2.45. The van der Waals surface area contributed by atoms with Crippen LogP contribution in [0.5, 0.6) is 5.75 Å². The molecule has 1 heterocycles. The van der Waals surface area contributed by atoms with E-state index >= 15 is 0 Å². The van der Waals surface area contributed by atoms with Crippen LogP contribution in [0.4, 0.5) is 5.69 Å². The maximum absolute atomic E-state index is 12.2. The molecule has 0 saturated heterocycles. The zero-order valence-electron chi connectivity index (χ0n) is 11.7. The first-order chi connectivity index (χ1) is 10.5. The molecule has 0 radical (unpaired) electrons. The molecule has 1 aliphatic heterocycles. The molecule has 1 aliphatic rings. The standard InChI is InChI=1S/C15H13BrN2O3S/c1-2-21-13-8-7-10(9-11(13)16)15-17-12-5-3-4-6-14(12)22(19,20)18-15/h3-9H,2H2,1H3,(H,17,18). The van der Waals surface area contributed by atoms with E-state index in [-0.39, 0.29) is 4.90 Å². The number of rotatable bonds is 3. The predicted molar refractivity (Wildman–Crippen MR) is 89.1 cm³/mol. The molecular formula is C15H13BrN2O3S. The van der Waals surface area contributed by atoms with Crippen molar-refractivity contribution in [1.29, 1.82) is 0 Å². The van der Waals surface area contributed by atoms with E-state index < -0.39 is 10.0 Å². The summed E-state index contributed by atoms with van der Waals surface area (Å²) < 4.78 is 34.5. The second-order valence-corrected chi connectivity index (χ2v) is 7.04. The average Bonchev–Trinajstić information content (AvgIpc) is 2.49. The Bertz CT molecular complexity index is 863. The van der Waals surface area contributed by atoms with Gasteiger partial charge in [-0.05, 0) is 53.2 Å². The molecule has 114 valence electrons. The summed E-state index contributed by atoms with van der Waals surface area (Å²) in [5.74, 6) is 0.994. The van der Waals surface area contributed by atoms with Gasteiger partial charge in [-0.3, -0.25) is 0 Å². The molecule has 0 aliphatic carbocycles. The van der Waals surface area contributed by atoms with Crippen molar-refractivity contribution < 1.29 is 13.2 Å². The highest BCUT2D eigenvalue weighted by Gasteiger charge is 2.25. The molecule has 0 amide bonds. The maximum atomic E-state index is 12.2. The van der Waals surface area contributed by atoms with E-state index in [0.717, 1.165) is 4.47 Å². The van der Waals surface area contributed by atoms with E-state index in [1.54, 1.807) is 36.4 Å². The Balaban J connectivity index is 2.04. The lowest BCUT2D eigenvalue weighted by Gasteiger charge is -2.18. The van der Waals surface area contributed by atoms with Gasteiger partial charge in [0.2, 0.25) is 0 Å². The quantitative estimate of drug-likeness (QED) is 0.885. The number of fused-ring (bicyclic) bond motifs is 1. The molecule has 0 fully saturated rings. The van der Waals surface area contributed by atoms with Crippen LogP contribution in [0.1, 0.15) is 12.5 Å². The molecule has 2 aromatic carbocycles. The average molecular weight is 381 g/mol. The lowest BCUT2D eigenvalue weighted by Crippen LogP contribution is -2.22. The molecule has 0 spiro atoms. The summed E-state index contributed by atoms with van der Waals surface area (Å²) >= 11 is 3.42. The normalized spacial score (nSPS) is 15.5. The van der Waals surface area contributed by atoms with Gasteiger partial charge in [-0.15, -0.1) is 4.40 Å². The number of sulfonamides is 1. The largest absolute Gasteiger partial charge is 0.493 e. The summed E-state index contributed by atoms with van der Waals surface area (Å²) in [5, 5.41) is 3.06. The van der Waals surface area contributed by atoms with Crippen LogP contribution >= 0.6 is 15.9 Å². The summed E-state index contributed by atoms with van der Waals surface area (Å²) in [6.07, 6.45) is 0. The molecule has 0 saturated carbocycles. The molecule has 5 nitrogen and oxygen atoms in total. The van der Waals surface area contributed by atoms with Gasteiger partial charge >= 0.3 is 0 Å². The Hall–Kier alpha value is -1.86. The van der Waals surface area contributed by atoms with Crippen molar-refractivity contribution in [2.75, 3.05) is 11.9 Å². The van der Waals surface area contributed by atoms with Gasteiger partial charge in [0.25, 0.3) is 10.0 Å². The van der Waals surface area contributed by atoms with Crippen LogP contribution < -0.4 is 10.1 Å². The smallest absolute Gasteiger partial charge is 0.286 e. The first kappa shape index (κ1) is 15.1. The number of hydrogen-bond acceptors (Lipinski definition) is 4. The van der Waals surface area contributed by atoms with Crippen LogP contribution in [0.25, 0.3) is 0 Å². The van der Waals surface area contributed by atoms with Crippen molar-refractivity contribution in [3.05, 3.63) is 52.5 Å². The third-order valence-electron chi connectivity index (χ3n) is 3.13.